The molecule has 1 aromatic heterocycles. The molecule has 0 unspecified atom stereocenters. The molecule has 1 aliphatic heterocycles. The second-order valence-corrected chi connectivity index (χ2v) is 5.84. The lowest BCUT2D eigenvalue weighted by molar-refractivity contribution is -0.131. The Morgan fingerprint density at radius 3 is 3.09 bits per heavy atom. The van der Waals surface area contributed by atoms with Gasteiger partial charge in [0.1, 0.15) is 6.04 Å². The van der Waals surface area contributed by atoms with Gasteiger partial charge in [-0.3, -0.25) is 9.59 Å². The maximum Gasteiger partial charge on any atom is 0.242 e. The first-order chi connectivity index (χ1) is 11.1. The van der Waals surface area contributed by atoms with E-state index in [4.69, 9.17) is 11.6 Å². The zero-order chi connectivity index (χ0) is 16.2. The largest absolute Gasteiger partial charge is 0.350 e. The second-order valence-electron chi connectivity index (χ2n) is 5.44. The Morgan fingerprint density at radius 1 is 1.48 bits per heavy atom. The minimum absolute atomic E-state index is 0.0757. The standard InChI is InChI=1S/C16H17ClN4O2/c17-12-3-1-5-14(21-8-7-18-10-21)11(12)9-19-16(23)13-4-2-6-15(22)20-13/h1,3,5,7-8,10,13H,2,4,6,9H2,(H,19,23)(H,20,22)/t13-/m0/s1. The lowest BCUT2D eigenvalue weighted by atomic mass is 10.0. The van der Waals surface area contributed by atoms with E-state index in [9.17, 15) is 9.59 Å². The van der Waals surface area contributed by atoms with Gasteiger partial charge in [-0.2, -0.15) is 0 Å². The van der Waals surface area contributed by atoms with Crippen molar-refractivity contribution < 1.29 is 9.59 Å². The van der Waals surface area contributed by atoms with Crippen LogP contribution < -0.4 is 10.6 Å². The molecule has 0 spiro atoms. The summed E-state index contributed by atoms with van der Waals surface area (Å²) < 4.78 is 1.84. The van der Waals surface area contributed by atoms with Crippen molar-refractivity contribution in [3.8, 4) is 5.69 Å². The van der Waals surface area contributed by atoms with Crippen LogP contribution in [0.15, 0.2) is 36.9 Å². The van der Waals surface area contributed by atoms with Crippen LogP contribution in [0.1, 0.15) is 24.8 Å². The van der Waals surface area contributed by atoms with Crippen LogP contribution in [0.4, 0.5) is 0 Å². The summed E-state index contributed by atoms with van der Waals surface area (Å²) in [4.78, 5) is 27.7. The molecule has 2 amide bonds. The van der Waals surface area contributed by atoms with Gasteiger partial charge in [0.25, 0.3) is 0 Å². The summed E-state index contributed by atoms with van der Waals surface area (Å²) in [6, 6.07) is 5.09. The Labute approximate surface area is 138 Å². The van der Waals surface area contributed by atoms with Crippen molar-refractivity contribution in [1.29, 1.82) is 0 Å². The lowest BCUT2D eigenvalue weighted by Crippen LogP contribution is -2.48. The van der Waals surface area contributed by atoms with Crippen molar-refractivity contribution >= 4 is 23.4 Å². The summed E-state index contributed by atoms with van der Waals surface area (Å²) in [5, 5.41) is 6.14. The van der Waals surface area contributed by atoms with Crippen molar-refractivity contribution in [1.82, 2.24) is 20.2 Å². The molecule has 0 radical (unpaired) electrons. The van der Waals surface area contributed by atoms with Gasteiger partial charge in [0.2, 0.25) is 11.8 Å². The molecule has 1 fully saturated rings. The smallest absolute Gasteiger partial charge is 0.242 e. The molecule has 2 N–H and O–H groups in total. The zero-order valence-electron chi connectivity index (χ0n) is 12.5. The highest BCUT2D eigenvalue weighted by Gasteiger charge is 2.24. The number of rotatable bonds is 4. The van der Waals surface area contributed by atoms with Gasteiger partial charge in [-0.25, -0.2) is 4.98 Å². The molecule has 0 saturated carbocycles. The molecule has 0 aliphatic carbocycles. The number of aromatic nitrogens is 2. The number of hydrogen-bond acceptors (Lipinski definition) is 3. The molecule has 1 aromatic carbocycles. The molecule has 1 atom stereocenters. The molecule has 0 bridgehead atoms. The minimum atomic E-state index is -0.463. The van der Waals surface area contributed by atoms with E-state index in [0.717, 1.165) is 17.7 Å². The van der Waals surface area contributed by atoms with Crippen LogP contribution in [0, 0.1) is 0 Å². The molecular weight excluding hydrogens is 316 g/mol. The van der Waals surface area contributed by atoms with Crippen LogP contribution >= 0.6 is 11.6 Å². The molecule has 120 valence electrons. The third-order valence-corrected chi connectivity index (χ3v) is 4.22. The van der Waals surface area contributed by atoms with E-state index in [1.165, 1.54) is 0 Å². The fourth-order valence-corrected chi connectivity index (χ4v) is 2.90. The van der Waals surface area contributed by atoms with Crippen molar-refractivity contribution in [2.75, 3.05) is 0 Å². The third-order valence-electron chi connectivity index (χ3n) is 3.86. The quantitative estimate of drug-likeness (QED) is 0.896. The van der Waals surface area contributed by atoms with E-state index < -0.39 is 6.04 Å². The molecule has 3 rings (SSSR count). The first-order valence-corrected chi connectivity index (χ1v) is 7.86. The van der Waals surface area contributed by atoms with Crippen LogP contribution in [-0.4, -0.2) is 27.4 Å². The van der Waals surface area contributed by atoms with Crippen LogP contribution in [0.5, 0.6) is 0 Å². The van der Waals surface area contributed by atoms with Crippen LogP contribution in [0.3, 0.4) is 0 Å². The van der Waals surface area contributed by atoms with Gasteiger partial charge in [0, 0.05) is 35.9 Å². The average molecular weight is 333 g/mol. The first-order valence-electron chi connectivity index (χ1n) is 7.48. The van der Waals surface area contributed by atoms with Gasteiger partial charge in [0.15, 0.2) is 0 Å². The number of imidazole rings is 1. The summed E-state index contributed by atoms with van der Waals surface area (Å²) in [5.41, 5.74) is 1.67. The fraction of sp³-hybridized carbons (Fsp3) is 0.312. The van der Waals surface area contributed by atoms with E-state index in [1.54, 1.807) is 18.6 Å². The number of carbonyl (C=O) groups is 2. The predicted octanol–water partition coefficient (Wildman–Crippen LogP) is 1.81. The van der Waals surface area contributed by atoms with E-state index in [-0.39, 0.29) is 11.8 Å². The van der Waals surface area contributed by atoms with E-state index >= 15 is 0 Å². The highest BCUT2D eigenvalue weighted by atomic mass is 35.5. The number of hydrogen-bond donors (Lipinski definition) is 2. The molecule has 7 heteroatoms. The molecule has 2 heterocycles. The number of benzene rings is 1. The zero-order valence-corrected chi connectivity index (χ0v) is 13.2. The number of carbonyl (C=O) groups excluding carboxylic acids is 2. The molecule has 1 saturated heterocycles. The Balaban J connectivity index is 1.73. The number of nitrogens with one attached hydrogen (secondary N) is 2. The number of amides is 2. The first kappa shape index (κ1) is 15.6. The van der Waals surface area contributed by atoms with E-state index in [0.29, 0.717) is 24.4 Å². The van der Waals surface area contributed by atoms with Gasteiger partial charge in [0.05, 0.1) is 12.0 Å². The summed E-state index contributed by atoms with van der Waals surface area (Å²) in [7, 11) is 0. The predicted molar refractivity (Wildman–Crippen MR) is 86.2 cm³/mol. The normalized spacial score (nSPS) is 17.6. The fourth-order valence-electron chi connectivity index (χ4n) is 2.67. The Hall–Kier alpha value is -2.34. The van der Waals surface area contributed by atoms with Gasteiger partial charge in [-0.05, 0) is 25.0 Å². The van der Waals surface area contributed by atoms with Gasteiger partial charge >= 0.3 is 0 Å². The summed E-state index contributed by atoms with van der Waals surface area (Å²) in [6.07, 6.45) is 7.06. The van der Waals surface area contributed by atoms with Gasteiger partial charge in [-0.1, -0.05) is 17.7 Å². The maximum atomic E-state index is 12.2. The van der Waals surface area contributed by atoms with E-state index in [1.807, 2.05) is 22.9 Å². The Morgan fingerprint density at radius 2 is 2.35 bits per heavy atom. The molecule has 6 nitrogen and oxygen atoms in total. The SMILES string of the molecule is O=C1CCC[C@@H](C(=O)NCc2c(Cl)cccc2-n2ccnc2)N1. The maximum absolute atomic E-state index is 12.2. The van der Waals surface area contributed by atoms with Gasteiger partial charge < -0.3 is 15.2 Å². The van der Waals surface area contributed by atoms with Crippen LogP contribution in [0.2, 0.25) is 5.02 Å². The van der Waals surface area contributed by atoms with Crippen LogP contribution in [0.25, 0.3) is 5.69 Å². The lowest BCUT2D eigenvalue weighted by Gasteiger charge is -2.22. The number of halogens is 1. The highest BCUT2D eigenvalue weighted by molar-refractivity contribution is 6.31. The van der Waals surface area contributed by atoms with Crippen molar-refractivity contribution in [3.63, 3.8) is 0 Å². The molecule has 1 aliphatic rings. The average Bonchev–Trinajstić information content (AvgIpc) is 3.07. The van der Waals surface area contributed by atoms with Crippen molar-refractivity contribution in [2.24, 2.45) is 0 Å². The third kappa shape index (κ3) is 3.53. The number of piperidine rings is 1. The van der Waals surface area contributed by atoms with Crippen molar-refractivity contribution in [2.45, 2.75) is 31.8 Å². The van der Waals surface area contributed by atoms with E-state index in [2.05, 4.69) is 15.6 Å². The van der Waals surface area contributed by atoms with Crippen molar-refractivity contribution in [3.05, 3.63) is 47.5 Å². The minimum Gasteiger partial charge on any atom is -0.350 e. The topological polar surface area (TPSA) is 76.0 Å². The molecule has 23 heavy (non-hydrogen) atoms. The monoisotopic (exact) mass is 332 g/mol. The Bertz CT molecular complexity index is 715. The molecule has 2 aromatic rings. The summed E-state index contributed by atoms with van der Waals surface area (Å²) in [6.45, 7) is 0.290. The second kappa shape index (κ2) is 6.83. The van der Waals surface area contributed by atoms with Crippen LogP contribution in [-0.2, 0) is 16.1 Å². The summed E-state index contributed by atoms with van der Waals surface area (Å²) in [5.74, 6) is -0.261. The van der Waals surface area contributed by atoms with Gasteiger partial charge in [-0.15, -0.1) is 0 Å². The summed E-state index contributed by atoms with van der Waals surface area (Å²) >= 11 is 6.28. The number of nitrogens with zero attached hydrogens (tertiary/aromatic N) is 2. The Kier molecular flexibility index (Phi) is 4.62. The molecular formula is C16H17ClN4O2. The highest BCUT2D eigenvalue weighted by Crippen LogP contribution is 2.23.